The van der Waals surface area contributed by atoms with Gasteiger partial charge in [0.1, 0.15) is 17.5 Å². The molecule has 1 aromatic heterocycles. The molecule has 0 spiro atoms. The number of anilines is 1. The quantitative estimate of drug-likeness (QED) is 0.158. The van der Waals surface area contributed by atoms with Crippen LogP contribution in [0.1, 0.15) is 65.0 Å². The number of amides is 2. The molecule has 7 nitrogen and oxygen atoms in total. The van der Waals surface area contributed by atoms with Crippen LogP contribution in [-0.4, -0.2) is 58.6 Å². The number of para-hydroxylation sites is 1. The smallest absolute Gasteiger partial charge is 0.253 e. The Bertz CT molecular complexity index is 1570. The number of carbonyl (C=O) groups excluding carboxylic acids is 2. The zero-order valence-electron chi connectivity index (χ0n) is 25.4. The summed E-state index contributed by atoms with van der Waals surface area (Å²) in [6.07, 6.45) is 0.786. The second-order valence-electron chi connectivity index (χ2n) is 11.1. The number of pyridine rings is 1. The van der Waals surface area contributed by atoms with Crippen molar-refractivity contribution < 1.29 is 23.5 Å². The molecule has 0 aliphatic heterocycles. The van der Waals surface area contributed by atoms with Gasteiger partial charge in [0.25, 0.3) is 11.8 Å². The number of aliphatic hydroxyl groups is 1. The second kappa shape index (κ2) is 15.4. The minimum atomic E-state index is -1.06. The van der Waals surface area contributed by atoms with Crippen molar-refractivity contribution >= 4 is 28.5 Å². The number of carbonyl (C=O) groups is 2. The van der Waals surface area contributed by atoms with Gasteiger partial charge in [-0.15, -0.1) is 0 Å². The predicted molar refractivity (Wildman–Crippen MR) is 170 cm³/mol. The highest BCUT2D eigenvalue weighted by Gasteiger charge is 2.24. The monoisotopic (exact) mass is 602 g/mol. The Kier molecular flexibility index (Phi) is 11.4. The molecule has 0 saturated heterocycles. The average molecular weight is 603 g/mol. The minimum Gasteiger partial charge on any atom is -0.391 e. The largest absolute Gasteiger partial charge is 0.391 e. The molecule has 44 heavy (non-hydrogen) atoms. The number of aromatic nitrogens is 1. The van der Waals surface area contributed by atoms with Crippen LogP contribution in [0.2, 0.25) is 0 Å². The number of hydrogen-bond donors (Lipinski definition) is 3. The summed E-state index contributed by atoms with van der Waals surface area (Å²) in [4.78, 5) is 33.2. The van der Waals surface area contributed by atoms with Gasteiger partial charge < -0.3 is 20.6 Å². The van der Waals surface area contributed by atoms with Crippen LogP contribution in [0.5, 0.6) is 0 Å². The van der Waals surface area contributed by atoms with E-state index in [4.69, 9.17) is 0 Å². The topological polar surface area (TPSA) is 94.6 Å². The molecule has 3 aromatic carbocycles. The van der Waals surface area contributed by atoms with Gasteiger partial charge >= 0.3 is 0 Å². The van der Waals surface area contributed by atoms with E-state index >= 15 is 0 Å². The number of halogens is 2. The van der Waals surface area contributed by atoms with Crippen LogP contribution in [-0.2, 0) is 6.42 Å². The lowest BCUT2D eigenvalue weighted by Gasteiger charge is -2.25. The standard InChI is InChI=1S/C35H40F2N4O3/c1-4-14-41(15-5-2)35(44)27-17-23(3)16-26(21-27)34(43)40-31(20-24-18-28(36)22-29(37)19-24)32(42)12-13-38-33-11-10-25-8-6-7-9-30(25)39-33/h6-11,16-19,21-22,31-32,42H,4-5,12-15,20H2,1-3H3,(H,38,39)(H,40,43)/t31-,32-/m1/s1. The summed E-state index contributed by atoms with van der Waals surface area (Å²) in [5.74, 6) is -1.49. The van der Waals surface area contributed by atoms with Crippen molar-refractivity contribution in [3.8, 4) is 0 Å². The molecule has 0 saturated carbocycles. The number of nitrogens with one attached hydrogen (secondary N) is 2. The molecule has 2 atom stereocenters. The van der Waals surface area contributed by atoms with Crippen LogP contribution in [0.25, 0.3) is 10.9 Å². The van der Waals surface area contributed by atoms with Gasteiger partial charge in [0.05, 0.1) is 17.7 Å². The molecule has 9 heteroatoms. The maximum Gasteiger partial charge on any atom is 0.253 e. The third kappa shape index (κ3) is 8.83. The van der Waals surface area contributed by atoms with Gasteiger partial charge in [-0.1, -0.05) is 32.0 Å². The number of aryl methyl sites for hydroxylation is 1. The Balaban J connectivity index is 1.51. The fourth-order valence-corrected chi connectivity index (χ4v) is 5.31. The SMILES string of the molecule is CCCN(CCC)C(=O)c1cc(C)cc(C(=O)N[C@H](Cc2cc(F)cc(F)c2)[C@H](O)CCNc2ccc3ccccc3n2)c1. The van der Waals surface area contributed by atoms with E-state index in [0.717, 1.165) is 35.4 Å². The second-order valence-corrected chi connectivity index (χ2v) is 11.1. The van der Waals surface area contributed by atoms with Crippen molar-refractivity contribution in [2.24, 2.45) is 0 Å². The first-order valence-electron chi connectivity index (χ1n) is 15.1. The van der Waals surface area contributed by atoms with E-state index in [0.29, 0.717) is 36.6 Å². The highest BCUT2D eigenvalue weighted by Crippen LogP contribution is 2.18. The minimum absolute atomic E-state index is 0.00576. The molecule has 0 aliphatic carbocycles. The number of benzene rings is 3. The molecule has 0 aliphatic rings. The fourth-order valence-electron chi connectivity index (χ4n) is 5.31. The molecular weight excluding hydrogens is 562 g/mol. The molecule has 0 unspecified atom stereocenters. The Labute approximate surface area is 257 Å². The molecule has 1 heterocycles. The normalized spacial score (nSPS) is 12.5. The van der Waals surface area contributed by atoms with Gasteiger partial charge in [-0.3, -0.25) is 9.59 Å². The molecule has 4 rings (SSSR count). The Morgan fingerprint density at radius 2 is 1.59 bits per heavy atom. The van der Waals surface area contributed by atoms with Crippen LogP contribution >= 0.6 is 0 Å². The molecule has 2 amide bonds. The molecule has 0 bridgehead atoms. The lowest BCUT2D eigenvalue weighted by atomic mass is 9.97. The number of hydrogen-bond acceptors (Lipinski definition) is 5. The Morgan fingerprint density at radius 3 is 2.30 bits per heavy atom. The van der Waals surface area contributed by atoms with E-state index in [9.17, 15) is 23.5 Å². The Morgan fingerprint density at radius 1 is 0.909 bits per heavy atom. The van der Waals surface area contributed by atoms with Gasteiger partial charge in [-0.25, -0.2) is 13.8 Å². The Hall–Kier alpha value is -4.37. The number of rotatable bonds is 14. The zero-order chi connectivity index (χ0) is 31.6. The average Bonchev–Trinajstić information content (AvgIpc) is 2.99. The maximum atomic E-state index is 14.0. The summed E-state index contributed by atoms with van der Waals surface area (Å²) in [6.45, 7) is 7.40. The third-order valence-corrected chi connectivity index (χ3v) is 7.36. The lowest BCUT2D eigenvalue weighted by molar-refractivity contribution is 0.0755. The van der Waals surface area contributed by atoms with Gasteiger partial charge in [-0.2, -0.15) is 0 Å². The molecular formula is C35H40F2N4O3. The van der Waals surface area contributed by atoms with Crippen molar-refractivity contribution in [2.45, 2.75) is 58.6 Å². The van der Waals surface area contributed by atoms with E-state index in [1.165, 1.54) is 12.1 Å². The zero-order valence-corrected chi connectivity index (χ0v) is 25.4. The number of nitrogens with zero attached hydrogens (tertiary/aromatic N) is 2. The van der Waals surface area contributed by atoms with Crippen molar-refractivity contribution in [3.63, 3.8) is 0 Å². The summed E-state index contributed by atoms with van der Waals surface area (Å²) < 4.78 is 28.0. The van der Waals surface area contributed by atoms with E-state index < -0.39 is 29.7 Å². The summed E-state index contributed by atoms with van der Waals surface area (Å²) in [6, 6.07) is 18.8. The van der Waals surface area contributed by atoms with E-state index in [1.54, 1.807) is 23.1 Å². The van der Waals surface area contributed by atoms with E-state index in [1.807, 2.05) is 57.2 Å². The summed E-state index contributed by atoms with van der Waals surface area (Å²) >= 11 is 0. The van der Waals surface area contributed by atoms with Gasteiger partial charge in [-0.05, 0) is 92.3 Å². The first-order chi connectivity index (χ1) is 21.2. The summed E-state index contributed by atoms with van der Waals surface area (Å²) in [5, 5.41) is 18.3. The lowest BCUT2D eigenvalue weighted by Crippen LogP contribution is -2.45. The predicted octanol–water partition coefficient (Wildman–Crippen LogP) is 6.29. The van der Waals surface area contributed by atoms with Crippen LogP contribution < -0.4 is 10.6 Å². The first kappa shape index (κ1) is 32.5. The van der Waals surface area contributed by atoms with Crippen molar-refractivity contribution in [1.29, 1.82) is 0 Å². The van der Waals surface area contributed by atoms with E-state index in [-0.39, 0.29) is 24.3 Å². The maximum absolute atomic E-state index is 14.0. The third-order valence-electron chi connectivity index (χ3n) is 7.36. The van der Waals surface area contributed by atoms with Crippen LogP contribution in [0, 0.1) is 18.6 Å². The summed E-state index contributed by atoms with van der Waals surface area (Å²) in [7, 11) is 0. The fraction of sp³-hybridized carbons (Fsp3) is 0.343. The van der Waals surface area contributed by atoms with Crippen molar-refractivity contribution in [3.05, 3.63) is 107 Å². The summed E-state index contributed by atoms with van der Waals surface area (Å²) in [5.41, 5.74) is 2.55. The molecule has 4 aromatic rings. The molecule has 3 N–H and O–H groups in total. The van der Waals surface area contributed by atoms with Gasteiger partial charge in [0, 0.05) is 42.2 Å². The first-order valence-corrected chi connectivity index (χ1v) is 15.1. The highest BCUT2D eigenvalue weighted by atomic mass is 19.1. The van der Waals surface area contributed by atoms with Crippen LogP contribution in [0.4, 0.5) is 14.6 Å². The highest BCUT2D eigenvalue weighted by molar-refractivity contribution is 6.00. The van der Waals surface area contributed by atoms with Crippen molar-refractivity contribution in [1.82, 2.24) is 15.2 Å². The van der Waals surface area contributed by atoms with E-state index in [2.05, 4.69) is 15.6 Å². The number of aliphatic hydroxyl groups excluding tert-OH is 1. The van der Waals surface area contributed by atoms with Crippen molar-refractivity contribution in [2.75, 3.05) is 25.0 Å². The van der Waals surface area contributed by atoms with Crippen LogP contribution in [0.3, 0.4) is 0 Å². The number of fused-ring (bicyclic) bond motifs is 1. The molecule has 0 fully saturated rings. The molecule has 232 valence electrons. The molecule has 0 radical (unpaired) electrons. The van der Waals surface area contributed by atoms with Gasteiger partial charge in [0.2, 0.25) is 0 Å². The van der Waals surface area contributed by atoms with Crippen LogP contribution in [0.15, 0.2) is 72.8 Å². The van der Waals surface area contributed by atoms with Gasteiger partial charge in [0.15, 0.2) is 0 Å².